The first-order chi connectivity index (χ1) is 10.1. The van der Waals surface area contributed by atoms with Gasteiger partial charge in [0.15, 0.2) is 5.69 Å². The third-order valence-corrected chi connectivity index (χ3v) is 3.27. The van der Waals surface area contributed by atoms with Crippen LogP contribution in [-0.2, 0) is 9.47 Å². The summed E-state index contributed by atoms with van der Waals surface area (Å²) < 4.78 is 11.6. The van der Waals surface area contributed by atoms with Crippen molar-refractivity contribution < 1.29 is 14.3 Å². The summed E-state index contributed by atoms with van der Waals surface area (Å²) in [6.07, 6.45) is 0. The van der Waals surface area contributed by atoms with Gasteiger partial charge in [-0.1, -0.05) is 28.9 Å². The maximum Gasteiger partial charge on any atom is 0.360 e. The molecule has 1 atom stereocenters. The van der Waals surface area contributed by atoms with Crippen LogP contribution in [-0.4, -0.2) is 41.8 Å². The minimum Gasteiger partial charge on any atom is -0.464 e. The molecule has 2 aromatic rings. The zero-order chi connectivity index (χ0) is 15.4. The van der Waals surface area contributed by atoms with Gasteiger partial charge in [0.2, 0.25) is 0 Å². The Bertz CT molecular complexity index is 625. The summed E-state index contributed by atoms with van der Waals surface area (Å²) >= 11 is 5.91. The summed E-state index contributed by atoms with van der Waals surface area (Å²) in [5.74, 6) is -0.532. The Kier molecular flexibility index (Phi) is 4.93. The summed E-state index contributed by atoms with van der Waals surface area (Å²) in [6, 6.07) is 7.03. The number of benzene rings is 1. The molecule has 1 unspecified atom stereocenters. The summed E-state index contributed by atoms with van der Waals surface area (Å²) in [6.45, 7) is 2.38. The Morgan fingerprint density at radius 2 is 2.00 bits per heavy atom. The lowest BCUT2D eigenvalue weighted by Crippen LogP contribution is -2.14. The van der Waals surface area contributed by atoms with E-state index in [-0.39, 0.29) is 11.7 Å². The molecule has 0 N–H and O–H groups in total. The van der Waals surface area contributed by atoms with Crippen LogP contribution in [0.2, 0.25) is 5.02 Å². The van der Waals surface area contributed by atoms with Gasteiger partial charge in [0.1, 0.15) is 5.69 Å². The lowest BCUT2D eigenvalue weighted by atomic mass is 10.1. The van der Waals surface area contributed by atoms with E-state index in [0.29, 0.717) is 17.3 Å². The predicted octanol–water partition coefficient (Wildman–Crippen LogP) is 2.59. The summed E-state index contributed by atoms with van der Waals surface area (Å²) in [5.41, 5.74) is 1.54. The van der Waals surface area contributed by atoms with Crippen LogP contribution in [0, 0.1) is 0 Å². The Labute approximate surface area is 127 Å². The average molecular weight is 310 g/mol. The third-order valence-electron chi connectivity index (χ3n) is 3.02. The molecule has 0 aliphatic heterocycles. The number of hydrogen-bond acceptors (Lipinski definition) is 5. The molecule has 2 rings (SSSR count). The number of halogens is 1. The van der Waals surface area contributed by atoms with Gasteiger partial charge < -0.3 is 9.47 Å². The average Bonchev–Trinajstić information content (AvgIpc) is 2.92. The summed E-state index contributed by atoms with van der Waals surface area (Å²) in [7, 11) is 2.92. The van der Waals surface area contributed by atoms with Gasteiger partial charge in [-0.3, -0.25) is 0 Å². The summed E-state index contributed by atoms with van der Waals surface area (Å²) in [4.78, 5) is 11.9. The molecule has 6 nitrogen and oxygen atoms in total. The first-order valence-electron chi connectivity index (χ1n) is 6.36. The van der Waals surface area contributed by atoms with Crippen molar-refractivity contribution in [3.05, 3.63) is 35.0 Å². The second-order valence-electron chi connectivity index (χ2n) is 4.53. The highest BCUT2D eigenvalue weighted by Crippen LogP contribution is 2.27. The molecule has 0 fully saturated rings. The van der Waals surface area contributed by atoms with Gasteiger partial charge in [0.05, 0.1) is 19.8 Å². The van der Waals surface area contributed by atoms with Crippen molar-refractivity contribution in [1.82, 2.24) is 15.0 Å². The van der Waals surface area contributed by atoms with E-state index in [2.05, 4.69) is 10.3 Å². The molecule has 0 saturated carbocycles. The van der Waals surface area contributed by atoms with Crippen LogP contribution < -0.4 is 0 Å². The number of carbonyl (C=O) groups excluding carboxylic acids is 1. The van der Waals surface area contributed by atoms with E-state index in [1.165, 1.54) is 7.11 Å². The van der Waals surface area contributed by atoms with Crippen LogP contribution in [0.25, 0.3) is 11.3 Å². The molecule has 0 aliphatic rings. The van der Waals surface area contributed by atoms with Crippen molar-refractivity contribution >= 4 is 17.6 Å². The lowest BCUT2D eigenvalue weighted by molar-refractivity contribution is 0.0595. The molecule has 0 radical (unpaired) electrons. The predicted molar refractivity (Wildman–Crippen MR) is 78.4 cm³/mol. The van der Waals surface area contributed by atoms with Crippen molar-refractivity contribution in [2.24, 2.45) is 0 Å². The van der Waals surface area contributed by atoms with Gasteiger partial charge in [-0.25, -0.2) is 9.48 Å². The van der Waals surface area contributed by atoms with Crippen molar-refractivity contribution in [3.8, 4) is 11.3 Å². The van der Waals surface area contributed by atoms with Gasteiger partial charge in [0.25, 0.3) is 0 Å². The minimum atomic E-state index is -0.532. The standard InChI is InChI=1S/C14H16ClN3O3/c1-9(8-20-2)18-13(10-4-6-11(15)7-5-10)12(16-17-18)14(19)21-3/h4-7,9H,8H2,1-3H3. The Balaban J connectivity index is 2.55. The molecule has 0 bridgehead atoms. The number of aromatic nitrogens is 3. The van der Waals surface area contributed by atoms with Crippen LogP contribution in [0.5, 0.6) is 0 Å². The van der Waals surface area contributed by atoms with Gasteiger partial charge in [-0.05, 0) is 19.1 Å². The van der Waals surface area contributed by atoms with E-state index in [1.54, 1.807) is 23.9 Å². The molecule has 7 heteroatoms. The van der Waals surface area contributed by atoms with Crippen molar-refractivity contribution in [2.75, 3.05) is 20.8 Å². The fraction of sp³-hybridized carbons (Fsp3) is 0.357. The molecule has 0 saturated heterocycles. The number of rotatable bonds is 5. The minimum absolute atomic E-state index is 0.0772. The Morgan fingerprint density at radius 1 is 1.33 bits per heavy atom. The number of methoxy groups -OCH3 is 2. The van der Waals surface area contributed by atoms with E-state index >= 15 is 0 Å². The van der Waals surface area contributed by atoms with Crippen LogP contribution in [0.3, 0.4) is 0 Å². The van der Waals surface area contributed by atoms with Gasteiger partial charge in [0, 0.05) is 17.7 Å². The maximum absolute atomic E-state index is 11.9. The first-order valence-corrected chi connectivity index (χ1v) is 6.74. The molecule has 0 spiro atoms. The molecule has 112 valence electrons. The van der Waals surface area contributed by atoms with Crippen LogP contribution in [0.4, 0.5) is 0 Å². The number of esters is 1. The fourth-order valence-corrected chi connectivity index (χ4v) is 2.15. The number of ether oxygens (including phenoxy) is 2. The number of hydrogen-bond donors (Lipinski definition) is 0. The van der Waals surface area contributed by atoms with Gasteiger partial charge >= 0.3 is 5.97 Å². The van der Waals surface area contributed by atoms with Crippen LogP contribution in [0.15, 0.2) is 24.3 Å². The zero-order valence-electron chi connectivity index (χ0n) is 12.0. The van der Waals surface area contributed by atoms with E-state index in [0.717, 1.165) is 5.56 Å². The number of nitrogens with zero attached hydrogens (tertiary/aromatic N) is 3. The second kappa shape index (κ2) is 6.69. The topological polar surface area (TPSA) is 66.2 Å². The molecular weight excluding hydrogens is 294 g/mol. The van der Waals surface area contributed by atoms with Gasteiger partial charge in [-0.15, -0.1) is 5.10 Å². The monoisotopic (exact) mass is 309 g/mol. The molecule has 1 heterocycles. The highest BCUT2D eigenvalue weighted by atomic mass is 35.5. The van der Waals surface area contributed by atoms with E-state index in [9.17, 15) is 4.79 Å². The third kappa shape index (κ3) is 3.22. The largest absolute Gasteiger partial charge is 0.464 e. The van der Waals surface area contributed by atoms with E-state index in [1.807, 2.05) is 19.1 Å². The normalized spacial score (nSPS) is 12.2. The Hall–Kier alpha value is -1.92. The van der Waals surface area contributed by atoms with Crippen LogP contribution in [0.1, 0.15) is 23.5 Å². The van der Waals surface area contributed by atoms with Gasteiger partial charge in [-0.2, -0.15) is 0 Å². The Morgan fingerprint density at radius 3 is 2.57 bits per heavy atom. The molecular formula is C14H16ClN3O3. The second-order valence-corrected chi connectivity index (χ2v) is 4.97. The molecule has 1 aromatic carbocycles. The highest BCUT2D eigenvalue weighted by molar-refractivity contribution is 6.30. The smallest absolute Gasteiger partial charge is 0.360 e. The molecule has 0 aliphatic carbocycles. The van der Waals surface area contributed by atoms with E-state index in [4.69, 9.17) is 21.1 Å². The molecule has 1 aromatic heterocycles. The number of carbonyl (C=O) groups is 1. The zero-order valence-corrected chi connectivity index (χ0v) is 12.8. The first kappa shape index (κ1) is 15.5. The lowest BCUT2D eigenvalue weighted by Gasteiger charge is -2.14. The van der Waals surface area contributed by atoms with Crippen molar-refractivity contribution in [1.29, 1.82) is 0 Å². The van der Waals surface area contributed by atoms with Crippen molar-refractivity contribution in [3.63, 3.8) is 0 Å². The molecule has 21 heavy (non-hydrogen) atoms. The molecule has 0 amide bonds. The highest BCUT2D eigenvalue weighted by Gasteiger charge is 2.24. The van der Waals surface area contributed by atoms with E-state index < -0.39 is 5.97 Å². The van der Waals surface area contributed by atoms with Crippen molar-refractivity contribution in [2.45, 2.75) is 13.0 Å². The quantitative estimate of drug-likeness (QED) is 0.794. The summed E-state index contributed by atoms with van der Waals surface area (Å²) in [5, 5.41) is 8.61. The SMILES string of the molecule is COCC(C)n1nnc(C(=O)OC)c1-c1ccc(Cl)cc1. The van der Waals surface area contributed by atoms with Crippen LogP contribution >= 0.6 is 11.6 Å². The fourth-order valence-electron chi connectivity index (χ4n) is 2.02. The maximum atomic E-state index is 11.9.